The van der Waals surface area contributed by atoms with E-state index in [1.54, 1.807) is 42.1 Å². The lowest BCUT2D eigenvalue weighted by atomic mass is 9.99. The summed E-state index contributed by atoms with van der Waals surface area (Å²) in [7, 11) is 3.44. The largest absolute Gasteiger partial charge is 0.344 e. The second kappa shape index (κ2) is 6.90. The van der Waals surface area contributed by atoms with Gasteiger partial charge in [-0.05, 0) is 30.9 Å². The average Bonchev–Trinajstić information content (AvgIpc) is 2.84. The van der Waals surface area contributed by atoms with Gasteiger partial charge in [-0.25, -0.2) is 4.39 Å². The topological polar surface area (TPSA) is 40.6 Å². The van der Waals surface area contributed by atoms with Crippen LogP contribution in [0.15, 0.2) is 24.3 Å². The molecule has 0 bridgehead atoms. The summed E-state index contributed by atoms with van der Waals surface area (Å²) >= 11 is 0. The van der Waals surface area contributed by atoms with Crippen LogP contribution in [-0.4, -0.2) is 48.3 Å². The number of carbonyl (C=O) groups excluding carboxylic acids is 2. The van der Waals surface area contributed by atoms with Crippen LogP contribution in [0.2, 0.25) is 0 Å². The Morgan fingerprint density at radius 3 is 2.73 bits per heavy atom. The Hall–Kier alpha value is -1.91. The standard InChI is InChI=1S/C17H23FN2O2/c1-12(8-9-13-6-4-5-7-14(13)18)16(21)20(3)15-10-11-19(2)17(15)22/h4-7,12,15H,8-11H2,1-3H3. The van der Waals surface area contributed by atoms with E-state index in [-0.39, 0.29) is 29.6 Å². The molecule has 1 fully saturated rings. The molecule has 1 aromatic rings. The zero-order valence-electron chi connectivity index (χ0n) is 13.4. The molecule has 0 spiro atoms. The molecule has 5 heteroatoms. The summed E-state index contributed by atoms with van der Waals surface area (Å²) in [5.41, 5.74) is 0.626. The third kappa shape index (κ3) is 3.46. The number of aryl methyl sites for hydroxylation is 1. The predicted molar refractivity (Wildman–Crippen MR) is 82.7 cm³/mol. The van der Waals surface area contributed by atoms with E-state index < -0.39 is 0 Å². The van der Waals surface area contributed by atoms with Crippen LogP contribution in [-0.2, 0) is 16.0 Å². The molecule has 1 aliphatic rings. The Balaban J connectivity index is 1.92. The molecule has 1 aromatic carbocycles. The molecule has 0 N–H and O–H groups in total. The van der Waals surface area contributed by atoms with Crippen LogP contribution in [0.25, 0.3) is 0 Å². The lowest BCUT2D eigenvalue weighted by Gasteiger charge is -2.26. The van der Waals surface area contributed by atoms with Gasteiger partial charge in [-0.15, -0.1) is 0 Å². The van der Waals surface area contributed by atoms with Crippen molar-refractivity contribution in [1.29, 1.82) is 0 Å². The Morgan fingerprint density at radius 1 is 1.45 bits per heavy atom. The number of hydrogen-bond acceptors (Lipinski definition) is 2. The summed E-state index contributed by atoms with van der Waals surface area (Å²) in [6.07, 6.45) is 1.77. The van der Waals surface area contributed by atoms with Crippen molar-refractivity contribution in [2.24, 2.45) is 5.92 Å². The van der Waals surface area contributed by atoms with E-state index in [2.05, 4.69) is 0 Å². The number of hydrogen-bond donors (Lipinski definition) is 0. The number of nitrogens with zero attached hydrogens (tertiary/aromatic N) is 2. The first-order chi connectivity index (χ1) is 10.4. The number of amides is 2. The van der Waals surface area contributed by atoms with Crippen molar-refractivity contribution in [3.63, 3.8) is 0 Å². The fourth-order valence-corrected chi connectivity index (χ4v) is 2.86. The van der Waals surface area contributed by atoms with Crippen LogP contribution in [0.3, 0.4) is 0 Å². The van der Waals surface area contributed by atoms with E-state index in [0.717, 1.165) is 0 Å². The lowest BCUT2D eigenvalue weighted by molar-refractivity contribution is -0.142. The number of benzene rings is 1. The molecule has 1 aliphatic heterocycles. The highest BCUT2D eigenvalue weighted by atomic mass is 19.1. The molecule has 0 aliphatic carbocycles. The van der Waals surface area contributed by atoms with Crippen LogP contribution < -0.4 is 0 Å². The van der Waals surface area contributed by atoms with Crippen molar-refractivity contribution < 1.29 is 14.0 Å². The third-order valence-corrected chi connectivity index (χ3v) is 4.44. The maximum absolute atomic E-state index is 13.6. The zero-order chi connectivity index (χ0) is 16.3. The molecule has 2 amide bonds. The summed E-state index contributed by atoms with van der Waals surface area (Å²) in [4.78, 5) is 27.6. The maximum Gasteiger partial charge on any atom is 0.245 e. The van der Waals surface area contributed by atoms with Gasteiger partial charge >= 0.3 is 0 Å². The van der Waals surface area contributed by atoms with Gasteiger partial charge in [0.15, 0.2) is 0 Å². The minimum Gasteiger partial charge on any atom is -0.344 e. The molecular weight excluding hydrogens is 283 g/mol. The molecule has 2 rings (SSSR count). The summed E-state index contributed by atoms with van der Waals surface area (Å²) in [6.45, 7) is 2.52. The van der Waals surface area contributed by atoms with Gasteiger partial charge in [-0.1, -0.05) is 25.1 Å². The molecule has 0 aromatic heterocycles. The van der Waals surface area contributed by atoms with Gasteiger partial charge in [0.1, 0.15) is 11.9 Å². The van der Waals surface area contributed by atoms with E-state index in [9.17, 15) is 14.0 Å². The SMILES string of the molecule is CC(CCc1ccccc1F)C(=O)N(C)C1CCN(C)C1=O. The monoisotopic (exact) mass is 306 g/mol. The Labute approximate surface area is 130 Å². The van der Waals surface area contributed by atoms with Crippen molar-refractivity contribution in [2.45, 2.75) is 32.2 Å². The smallest absolute Gasteiger partial charge is 0.245 e. The first kappa shape index (κ1) is 16.5. The first-order valence-electron chi connectivity index (χ1n) is 7.67. The fraction of sp³-hybridized carbons (Fsp3) is 0.529. The van der Waals surface area contributed by atoms with E-state index in [1.807, 2.05) is 6.92 Å². The number of likely N-dealkylation sites (N-methyl/N-ethyl adjacent to an activating group) is 2. The van der Waals surface area contributed by atoms with Crippen LogP contribution in [0.4, 0.5) is 4.39 Å². The van der Waals surface area contributed by atoms with Gasteiger partial charge in [-0.3, -0.25) is 9.59 Å². The fourth-order valence-electron chi connectivity index (χ4n) is 2.86. The van der Waals surface area contributed by atoms with E-state index >= 15 is 0 Å². The van der Waals surface area contributed by atoms with Gasteiger partial charge in [0.25, 0.3) is 0 Å². The molecule has 22 heavy (non-hydrogen) atoms. The minimum absolute atomic E-state index is 0.00264. The molecule has 2 unspecified atom stereocenters. The van der Waals surface area contributed by atoms with Crippen molar-refractivity contribution in [3.05, 3.63) is 35.6 Å². The second-order valence-electron chi connectivity index (χ2n) is 6.04. The van der Waals surface area contributed by atoms with E-state index in [4.69, 9.17) is 0 Å². The molecule has 120 valence electrons. The van der Waals surface area contributed by atoms with Crippen molar-refractivity contribution in [2.75, 3.05) is 20.6 Å². The quantitative estimate of drug-likeness (QED) is 0.836. The van der Waals surface area contributed by atoms with Crippen molar-refractivity contribution in [1.82, 2.24) is 9.80 Å². The maximum atomic E-state index is 13.6. The molecule has 4 nitrogen and oxygen atoms in total. The molecule has 0 saturated carbocycles. The first-order valence-corrected chi connectivity index (χ1v) is 7.67. The van der Waals surface area contributed by atoms with Crippen LogP contribution in [0.5, 0.6) is 0 Å². The van der Waals surface area contributed by atoms with Gasteiger partial charge in [0.05, 0.1) is 0 Å². The number of halogens is 1. The molecule has 0 radical (unpaired) electrons. The number of carbonyl (C=O) groups is 2. The highest BCUT2D eigenvalue weighted by Crippen LogP contribution is 2.19. The summed E-state index contributed by atoms with van der Waals surface area (Å²) in [5, 5.41) is 0. The Bertz CT molecular complexity index is 561. The lowest BCUT2D eigenvalue weighted by Crippen LogP contribution is -2.44. The number of rotatable bonds is 5. The van der Waals surface area contributed by atoms with Gasteiger partial charge in [0, 0.05) is 26.6 Å². The van der Waals surface area contributed by atoms with Crippen LogP contribution in [0.1, 0.15) is 25.3 Å². The minimum atomic E-state index is -0.353. The summed E-state index contributed by atoms with van der Waals surface area (Å²) in [6, 6.07) is 6.27. The molecular formula is C17H23FN2O2. The zero-order valence-corrected chi connectivity index (χ0v) is 13.4. The highest BCUT2D eigenvalue weighted by Gasteiger charge is 2.35. The van der Waals surface area contributed by atoms with Crippen LogP contribution in [0, 0.1) is 11.7 Å². The summed E-state index contributed by atoms with van der Waals surface area (Å²) < 4.78 is 13.6. The second-order valence-corrected chi connectivity index (χ2v) is 6.04. The molecule has 1 saturated heterocycles. The van der Waals surface area contributed by atoms with Crippen molar-refractivity contribution in [3.8, 4) is 0 Å². The van der Waals surface area contributed by atoms with Crippen LogP contribution >= 0.6 is 0 Å². The molecule has 1 heterocycles. The normalized spacial score (nSPS) is 19.4. The van der Waals surface area contributed by atoms with E-state index in [0.29, 0.717) is 31.4 Å². The summed E-state index contributed by atoms with van der Waals surface area (Å²) in [5.74, 6) is -0.520. The third-order valence-electron chi connectivity index (χ3n) is 4.44. The average molecular weight is 306 g/mol. The Morgan fingerprint density at radius 2 is 2.14 bits per heavy atom. The van der Waals surface area contributed by atoms with Gasteiger partial charge in [-0.2, -0.15) is 0 Å². The van der Waals surface area contributed by atoms with Gasteiger partial charge < -0.3 is 9.80 Å². The molecule has 2 atom stereocenters. The number of likely N-dealkylation sites (tertiary alicyclic amines) is 1. The van der Waals surface area contributed by atoms with Crippen molar-refractivity contribution >= 4 is 11.8 Å². The predicted octanol–water partition coefficient (Wildman–Crippen LogP) is 2.08. The highest BCUT2D eigenvalue weighted by molar-refractivity contribution is 5.89. The Kier molecular flexibility index (Phi) is 5.16. The van der Waals surface area contributed by atoms with Gasteiger partial charge in [0.2, 0.25) is 11.8 Å². The van der Waals surface area contributed by atoms with E-state index in [1.165, 1.54) is 6.07 Å².